The lowest BCUT2D eigenvalue weighted by atomic mass is 10.2. The van der Waals surface area contributed by atoms with Crippen LogP contribution in [0.1, 0.15) is 5.69 Å². The minimum absolute atomic E-state index is 0.539. The van der Waals surface area contributed by atoms with Crippen molar-refractivity contribution in [1.29, 1.82) is 0 Å². The molecular formula is C16H21NOSi. The van der Waals surface area contributed by atoms with E-state index in [4.69, 9.17) is 11.2 Å². The first-order valence-electron chi connectivity index (χ1n) is 6.64. The molecule has 2 nitrogen and oxygen atoms in total. The van der Waals surface area contributed by atoms with Crippen molar-refractivity contribution in [2.75, 3.05) is 6.61 Å². The fourth-order valence-electron chi connectivity index (χ4n) is 2.00. The lowest BCUT2D eigenvalue weighted by Gasteiger charge is -2.16. The Balaban J connectivity index is 2.10. The Morgan fingerprint density at radius 2 is 2.00 bits per heavy atom. The number of terminal acetylenes is 1. The van der Waals surface area contributed by atoms with Crippen molar-refractivity contribution in [3.63, 3.8) is 0 Å². The second-order valence-electron chi connectivity index (χ2n) is 6.01. The zero-order valence-electron chi connectivity index (χ0n) is 11.9. The van der Waals surface area contributed by atoms with Gasteiger partial charge in [-0.3, -0.25) is 0 Å². The summed E-state index contributed by atoms with van der Waals surface area (Å²) in [7, 11) is -1.03. The lowest BCUT2D eigenvalue weighted by molar-refractivity contribution is 0.0897. The van der Waals surface area contributed by atoms with Crippen LogP contribution in [0, 0.1) is 12.3 Å². The predicted octanol–water partition coefficient (Wildman–Crippen LogP) is 3.93. The van der Waals surface area contributed by atoms with Crippen LogP contribution in [0.25, 0.3) is 10.9 Å². The molecule has 2 aromatic rings. The van der Waals surface area contributed by atoms with Gasteiger partial charge in [-0.05, 0) is 18.2 Å². The van der Waals surface area contributed by atoms with Crippen LogP contribution in [0.4, 0.5) is 0 Å². The number of aromatic nitrogens is 1. The van der Waals surface area contributed by atoms with E-state index in [1.165, 1.54) is 11.4 Å². The van der Waals surface area contributed by atoms with Crippen LogP contribution in [-0.4, -0.2) is 19.2 Å². The zero-order chi connectivity index (χ0) is 13.9. The van der Waals surface area contributed by atoms with Gasteiger partial charge < -0.3 is 9.30 Å². The average Bonchev–Trinajstić information content (AvgIpc) is 2.71. The maximum atomic E-state index is 5.81. The lowest BCUT2D eigenvalue weighted by Crippen LogP contribution is -2.22. The molecule has 0 saturated heterocycles. The normalized spacial score (nSPS) is 11.7. The summed E-state index contributed by atoms with van der Waals surface area (Å²) in [6.07, 6.45) is 5.57. The molecule has 3 heteroatoms. The van der Waals surface area contributed by atoms with Gasteiger partial charge in [0.05, 0.1) is 11.2 Å². The van der Waals surface area contributed by atoms with Crippen molar-refractivity contribution < 1.29 is 4.74 Å². The molecule has 1 aromatic carbocycles. The Morgan fingerprint density at radius 3 is 2.68 bits per heavy atom. The third-order valence-electron chi connectivity index (χ3n) is 3.18. The summed E-state index contributed by atoms with van der Waals surface area (Å²) in [6, 6.07) is 11.4. The summed E-state index contributed by atoms with van der Waals surface area (Å²) in [5, 5.41) is 1.17. The monoisotopic (exact) mass is 271 g/mol. The van der Waals surface area contributed by atoms with Crippen molar-refractivity contribution in [2.45, 2.75) is 32.4 Å². The standard InChI is InChI=1S/C16H21NOSi/c1-5-15-12-14-8-6-7-9-16(14)17(15)13-18-10-11-19(2,3)4/h1,6-9,12H,10-11,13H2,2-4H3. The van der Waals surface area contributed by atoms with Gasteiger partial charge in [0, 0.05) is 20.1 Å². The molecular weight excluding hydrogens is 250 g/mol. The first-order valence-corrected chi connectivity index (χ1v) is 10.3. The Hall–Kier alpha value is -1.50. The molecule has 0 saturated carbocycles. The van der Waals surface area contributed by atoms with E-state index in [2.05, 4.69) is 42.3 Å². The predicted molar refractivity (Wildman–Crippen MR) is 84.0 cm³/mol. The van der Waals surface area contributed by atoms with Crippen LogP contribution in [-0.2, 0) is 11.5 Å². The highest BCUT2D eigenvalue weighted by atomic mass is 28.3. The molecule has 19 heavy (non-hydrogen) atoms. The van der Waals surface area contributed by atoms with Crippen LogP contribution >= 0.6 is 0 Å². The summed E-state index contributed by atoms with van der Waals surface area (Å²) in [6.45, 7) is 8.42. The van der Waals surface area contributed by atoms with E-state index in [9.17, 15) is 0 Å². The van der Waals surface area contributed by atoms with Gasteiger partial charge >= 0.3 is 0 Å². The van der Waals surface area contributed by atoms with Gasteiger partial charge in [-0.2, -0.15) is 0 Å². The molecule has 0 fully saturated rings. The van der Waals surface area contributed by atoms with E-state index in [1.807, 2.05) is 18.2 Å². The molecule has 2 rings (SSSR count). The largest absolute Gasteiger partial charge is 0.361 e. The average molecular weight is 271 g/mol. The Bertz CT molecular complexity index is 601. The van der Waals surface area contributed by atoms with E-state index in [0.29, 0.717) is 6.73 Å². The third-order valence-corrected chi connectivity index (χ3v) is 4.88. The van der Waals surface area contributed by atoms with Gasteiger partial charge in [-0.1, -0.05) is 43.8 Å². The minimum atomic E-state index is -1.03. The van der Waals surface area contributed by atoms with Crippen LogP contribution in [0.15, 0.2) is 30.3 Å². The Labute approximate surface area is 116 Å². The third kappa shape index (κ3) is 3.49. The molecule has 0 aliphatic rings. The molecule has 1 aromatic heterocycles. The van der Waals surface area contributed by atoms with Crippen molar-refractivity contribution in [2.24, 2.45) is 0 Å². The summed E-state index contributed by atoms with van der Waals surface area (Å²) >= 11 is 0. The van der Waals surface area contributed by atoms with E-state index in [1.54, 1.807) is 0 Å². The number of hydrogen-bond acceptors (Lipinski definition) is 1. The highest BCUT2D eigenvalue weighted by Crippen LogP contribution is 2.19. The van der Waals surface area contributed by atoms with Crippen molar-refractivity contribution in [3.05, 3.63) is 36.0 Å². The second kappa shape index (κ2) is 5.64. The number of para-hydroxylation sites is 1. The maximum Gasteiger partial charge on any atom is 0.124 e. The fraction of sp³-hybridized carbons (Fsp3) is 0.375. The van der Waals surface area contributed by atoms with Crippen LogP contribution in [0.2, 0.25) is 25.7 Å². The number of nitrogens with zero attached hydrogens (tertiary/aromatic N) is 1. The van der Waals surface area contributed by atoms with Gasteiger partial charge in [-0.25, -0.2) is 0 Å². The van der Waals surface area contributed by atoms with E-state index in [-0.39, 0.29) is 0 Å². The molecule has 1 heterocycles. The first-order chi connectivity index (χ1) is 9.01. The fourth-order valence-corrected chi connectivity index (χ4v) is 2.76. The minimum Gasteiger partial charge on any atom is -0.361 e. The van der Waals surface area contributed by atoms with E-state index < -0.39 is 8.07 Å². The van der Waals surface area contributed by atoms with Crippen molar-refractivity contribution >= 4 is 19.0 Å². The smallest absolute Gasteiger partial charge is 0.124 e. The number of ether oxygens (including phenoxy) is 1. The van der Waals surface area contributed by atoms with E-state index in [0.717, 1.165) is 17.8 Å². The second-order valence-corrected chi connectivity index (χ2v) is 11.6. The Kier molecular flexibility index (Phi) is 4.13. The molecule has 0 bridgehead atoms. The summed E-state index contributed by atoms with van der Waals surface area (Å²) in [4.78, 5) is 0. The van der Waals surface area contributed by atoms with E-state index >= 15 is 0 Å². The van der Waals surface area contributed by atoms with Gasteiger partial charge in [0.1, 0.15) is 6.73 Å². The number of benzene rings is 1. The van der Waals surface area contributed by atoms with Gasteiger partial charge in [-0.15, -0.1) is 6.42 Å². The summed E-state index contributed by atoms with van der Waals surface area (Å²) in [5.41, 5.74) is 2.03. The molecule has 0 spiro atoms. The maximum absolute atomic E-state index is 5.81. The molecule has 0 atom stereocenters. The van der Waals surface area contributed by atoms with Gasteiger partial charge in [0.15, 0.2) is 0 Å². The molecule has 100 valence electrons. The molecule has 0 aliphatic carbocycles. The number of fused-ring (bicyclic) bond motifs is 1. The van der Waals surface area contributed by atoms with Gasteiger partial charge in [0.25, 0.3) is 0 Å². The van der Waals surface area contributed by atoms with Crippen LogP contribution < -0.4 is 0 Å². The van der Waals surface area contributed by atoms with Crippen LogP contribution in [0.5, 0.6) is 0 Å². The number of hydrogen-bond donors (Lipinski definition) is 0. The quantitative estimate of drug-likeness (QED) is 0.456. The summed E-state index contributed by atoms with van der Waals surface area (Å²) in [5.74, 6) is 2.73. The van der Waals surface area contributed by atoms with Crippen LogP contribution in [0.3, 0.4) is 0 Å². The molecule has 0 radical (unpaired) electrons. The summed E-state index contributed by atoms with van der Waals surface area (Å²) < 4.78 is 7.88. The van der Waals surface area contributed by atoms with Crippen molar-refractivity contribution in [1.82, 2.24) is 4.57 Å². The SMILES string of the molecule is C#Cc1cc2ccccc2n1COCC[Si](C)(C)C. The molecule has 0 N–H and O–H groups in total. The molecule has 0 amide bonds. The van der Waals surface area contributed by atoms with Gasteiger partial charge in [0.2, 0.25) is 0 Å². The number of rotatable bonds is 5. The highest BCUT2D eigenvalue weighted by molar-refractivity contribution is 6.76. The molecule has 0 aliphatic heterocycles. The topological polar surface area (TPSA) is 14.2 Å². The highest BCUT2D eigenvalue weighted by Gasteiger charge is 2.12. The zero-order valence-corrected chi connectivity index (χ0v) is 12.9. The first kappa shape index (κ1) is 13.9. The Morgan fingerprint density at radius 1 is 1.26 bits per heavy atom. The van der Waals surface area contributed by atoms with Crippen molar-refractivity contribution in [3.8, 4) is 12.3 Å². The molecule has 0 unspecified atom stereocenters.